The Bertz CT molecular complexity index is 323. The van der Waals surface area contributed by atoms with Gasteiger partial charge in [0.25, 0.3) is 0 Å². The third-order valence-electron chi connectivity index (χ3n) is 3.42. The Balaban J connectivity index is 1.74. The summed E-state index contributed by atoms with van der Waals surface area (Å²) in [6.45, 7) is 0.865. The molecule has 3 rings (SSSR count). The van der Waals surface area contributed by atoms with Gasteiger partial charge in [0.15, 0.2) is 6.29 Å². The van der Waals surface area contributed by atoms with Gasteiger partial charge in [-0.1, -0.05) is 36.8 Å². The minimum atomic E-state index is -0.134. The van der Waals surface area contributed by atoms with E-state index in [9.17, 15) is 0 Å². The molecule has 0 amide bonds. The second-order valence-corrected chi connectivity index (χ2v) is 4.44. The van der Waals surface area contributed by atoms with Gasteiger partial charge in [-0.15, -0.1) is 0 Å². The molecule has 0 bridgehead atoms. The van der Waals surface area contributed by atoms with E-state index in [4.69, 9.17) is 9.47 Å². The molecular formula is C13H16O2. The summed E-state index contributed by atoms with van der Waals surface area (Å²) in [5.41, 5.74) is 1.14. The molecular weight excluding hydrogens is 188 g/mol. The molecule has 1 saturated heterocycles. The minimum absolute atomic E-state index is 0.134. The molecule has 1 aliphatic heterocycles. The second kappa shape index (κ2) is 3.95. The fourth-order valence-electron chi connectivity index (χ4n) is 2.57. The smallest absolute Gasteiger partial charge is 0.184 e. The quantitative estimate of drug-likeness (QED) is 0.700. The summed E-state index contributed by atoms with van der Waals surface area (Å²) in [5, 5.41) is 0. The summed E-state index contributed by atoms with van der Waals surface area (Å²) in [6.07, 6.45) is 4.07. The van der Waals surface area contributed by atoms with Gasteiger partial charge in [0, 0.05) is 11.5 Å². The lowest BCUT2D eigenvalue weighted by molar-refractivity contribution is -0.233. The van der Waals surface area contributed by atoms with E-state index in [-0.39, 0.29) is 6.29 Å². The van der Waals surface area contributed by atoms with Crippen molar-refractivity contribution in [2.24, 2.45) is 5.92 Å². The van der Waals surface area contributed by atoms with Crippen LogP contribution in [0.15, 0.2) is 30.3 Å². The molecule has 1 saturated carbocycles. The van der Waals surface area contributed by atoms with Crippen LogP contribution in [0, 0.1) is 5.92 Å². The first-order valence-corrected chi connectivity index (χ1v) is 5.75. The molecule has 2 aliphatic rings. The molecule has 80 valence electrons. The Morgan fingerprint density at radius 1 is 1.07 bits per heavy atom. The molecule has 2 nitrogen and oxygen atoms in total. The van der Waals surface area contributed by atoms with E-state index < -0.39 is 0 Å². The summed E-state index contributed by atoms with van der Waals surface area (Å²) >= 11 is 0. The molecule has 2 fully saturated rings. The molecule has 1 aromatic rings. The predicted octanol–water partition coefficient (Wildman–Crippen LogP) is 2.90. The minimum Gasteiger partial charge on any atom is -0.348 e. The highest BCUT2D eigenvalue weighted by atomic mass is 16.7. The fraction of sp³-hybridized carbons (Fsp3) is 0.538. The Hall–Kier alpha value is -0.860. The molecule has 1 aromatic carbocycles. The largest absolute Gasteiger partial charge is 0.348 e. The van der Waals surface area contributed by atoms with E-state index in [1.165, 1.54) is 19.3 Å². The van der Waals surface area contributed by atoms with Crippen molar-refractivity contribution >= 4 is 0 Å². The zero-order valence-corrected chi connectivity index (χ0v) is 8.76. The topological polar surface area (TPSA) is 18.5 Å². The van der Waals surface area contributed by atoms with E-state index in [0.29, 0.717) is 12.0 Å². The predicted molar refractivity (Wildman–Crippen MR) is 57.3 cm³/mol. The highest BCUT2D eigenvalue weighted by molar-refractivity contribution is 5.16. The van der Waals surface area contributed by atoms with Crippen molar-refractivity contribution in [3.63, 3.8) is 0 Å². The van der Waals surface area contributed by atoms with Gasteiger partial charge in [0.2, 0.25) is 0 Å². The third-order valence-corrected chi connectivity index (χ3v) is 3.42. The molecule has 0 aromatic heterocycles. The lowest BCUT2D eigenvalue weighted by Gasteiger charge is -2.32. The van der Waals surface area contributed by atoms with Crippen LogP contribution in [0.3, 0.4) is 0 Å². The Kier molecular flexibility index (Phi) is 2.47. The number of hydrogen-bond acceptors (Lipinski definition) is 2. The maximum Gasteiger partial charge on any atom is 0.184 e. The molecule has 0 spiro atoms. The zero-order chi connectivity index (χ0) is 10.1. The number of benzene rings is 1. The van der Waals surface area contributed by atoms with Gasteiger partial charge in [-0.2, -0.15) is 0 Å². The summed E-state index contributed by atoms with van der Waals surface area (Å²) in [5.74, 6) is 0.643. The molecule has 0 unspecified atom stereocenters. The van der Waals surface area contributed by atoms with Gasteiger partial charge in [-0.05, 0) is 12.8 Å². The van der Waals surface area contributed by atoms with Crippen LogP contribution in [-0.2, 0) is 9.47 Å². The van der Waals surface area contributed by atoms with Crippen molar-refractivity contribution in [3.05, 3.63) is 35.9 Å². The van der Waals surface area contributed by atoms with Crippen LogP contribution >= 0.6 is 0 Å². The molecule has 2 heteroatoms. The van der Waals surface area contributed by atoms with Crippen molar-refractivity contribution in [1.82, 2.24) is 0 Å². The standard InChI is InChI=1S/C13H16O2/c1-2-5-10(6-3-1)13-14-9-11-7-4-8-12(11)15-13/h1-3,5-6,11-13H,4,7-9H2/t11-,12+,13-/m1/s1. The summed E-state index contributed by atoms with van der Waals surface area (Å²) in [7, 11) is 0. The van der Waals surface area contributed by atoms with Crippen LogP contribution < -0.4 is 0 Å². The van der Waals surface area contributed by atoms with Crippen molar-refractivity contribution in [3.8, 4) is 0 Å². The SMILES string of the molecule is c1ccc([C@@H]2OC[C@H]3CCC[C@@H]3O2)cc1. The molecule has 15 heavy (non-hydrogen) atoms. The van der Waals surface area contributed by atoms with Crippen molar-refractivity contribution in [2.45, 2.75) is 31.7 Å². The van der Waals surface area contributed by atoms with Crippen molar-refractivity contribution < 1.29 is 9.47 Å². The molecule has 0 radical (unpaired) electrons. The van der Waals surface area contributed by atoms with E-state index >= 15 is 0 Å². The van der Waals surface area contributed by atoms with Gasteiger partial charge < -0.3 is 9.47 Å². The fourth-order valence-corrected chi connectivity index (χ4v) is 2.57. The Labute approximate surface area is 90.2 Å². The highest BCUT2D eigenvalue weighted by Crippen LogP contribution is 2.37. The molecule has 1 heterocycles. The Morgan fingerprint density at radius 3 is 2.80 bits per heavy atom. The molecule has 0 N–H and O–H groups in total. The molecule has 3 atom stereocenters. The second-order valence-electron chi connectivity index (χ2n) is 4.44. The van der Waals surface area contributed by atoms with Crippen LogP contribution in [-0.4, -0.2) is 12.7 Å². The third kappa shape index (κ3) is 1.80. The van der Waals surface area contributed by atoms with Gasteiger partial charge in [0.05, 0.1) is 12.7 Å². The van der Waals surface area contributed by atoms with Gasteiger partial charge in [0.1, 0.15) is 0 Å². The summed E-state index contributed by atoms with van der Waals surface area (Å²) in [6, 6.07) is 10.2. The van der Waals surface area contributed by atoms with Gasteiger partial charge in [-0.3, -0.25) is 0 Å². The van der Waals surface area contributed by atoms with Gasteiger partial charge in [-0.25, -0.2) is 0 Å². The van der Waals surface area contributed by atoms with E-state index in [1.807, 2.05) is 18.2 Å². The van der Waals surface area contributed by atoms with Crippen LogP contribution in [0.5, 0.6) is 0 Å². The maximum absolute atomic E-state index is 5.97. The lowest BCUT2D eigenvalue weighted by atomic mass is 10.1. The van der Waals surface area contributed by atoms with Crippen molar-refractivity contribution in [1.29, 1.82) is 0 Å². The maximum atomic E-state index is 5.97. The van der Waals surface area contributed by atoms with E-state index in [1.54, 1.807) is 0 Å². The van der Waals surface area contributed by atoms with E-state index in [0.717, 1.165) is 12.2 Å². The van der Waals surface area contributed by atoms with Gasteiger partial charge >= 0.3 is 0 Å². The van der Waals surface area contributed by atoms with E-state index in [2.05, 4.69) is 12.1 Å². The highest BCUT2D eigenvalue weighted by Gasteiger charge is 2.35. The Morgan fingerprint density at radius 2 is 1.93 bits per heavy atom. The van der Waals surface area contributed by atoms with Crippen LogP contribution in [0.4, 0.5) is 0 Å². The number of hydrogen-bond donors (Lipinski definition) is 0. The first-order valence-electron chi connectivity index (χ1n) is 5.75. The molecule has 1 aliphatic carbocycles. The van der Waals surface area contributed by atoms with Crippen LogP contribution in [0.1, 0.15) is 31.1 Å². The summed E-state index contributed by atoms with van der Waals surface area (Å²) < 4.78 is 11.7. The van der Waals surface area contributed by atoms with Crippen LogP contribution in [0.25, 0.3) is 0 Å². The normalized spacial score (nSPS) is 35.1. The average molecular weight is 204 g/mol. The number of ether oxygens (including phenoxy) is 2. The first-order chi connectivity index (χ1) is 7.43. The van der Waals surface area contributed by atoms with Crippen molar-refractivity contribution in [2.75, 3.05) is 6.61 Å². The number of rotatable bonds is 1. The first kappa shape index (κ1) is 9.37. The average Bonchev–Trinajstić information content (AvgIpc) is 2.77. The van der Waals surface area contributed by atoms with Crippen LogP contribution in [0.2, 0.25) is 0 Å². The monoisotopic (exact) mass is 204 g/mol. The lowest BCUT2D eigenvalue weighted by Crippen LogP contribution is -2.32. The zero-order valence-electron chi connectivity index (χ0n) is 8.76. The number of fused-ring (bicyclic) bond motifs is 1. The summed E-state index contributed by atoms with van der Waals surface area (Å²) in [4.78, 5) is 0.